The predicted octanol–water partition coefficient (Wildman–Crippen LogP) is 4.00. The van der Waals surface area contributed by atoms with Gasteiger partial charge in [-0.3, -0.25) is 4.79 Å². The molecule has 0 aliphatic heterocycles. The van der Waals surface area contributed by atoms with Crippen LogP contribution in [0.2, 0.25) is 5.02 Å². The minimum Gasteiger partial charge on any atom is -0.490 e. The van der Waals surface area contributed by atoms with Crippen LogP contribution in [0.1, 0.15) is 11.4 Å². The van der Waals surface area contributed by atoms with Crippen LogP contribution in [0.3, 0.4) is 0 Å². The molecular weight excluding hydrogens is 398 g/mol. The number of thioether (sulfide) groups is 1. The average Bonchev–Trinajstić information content (AvgIpc) is 3.05. The van der Waals surface area contributed by atoms with Crippen molar-refractivity contribution in [2.24, 2.45) is 0 Å². The molecule has 2 aromatic carbocycles. The van der Waals surface area contributed by atoms with E-state index in [9.17, 15) is 4.79 Å². The van der Waals surface area contributed by atoms with Gasteiger partial charge in [0.05, 0.1) is 12.3 Å². The average molecular weight is 418 g/mol. The van der Waals surface area contributed by atoms with Crippen LogP contribution in [0.15, 0.2) is 59.8 Å². The molecule has 0 bridgehead atoms. The van der Waals surface area contributed by atoms with Gasteiger partial charge in [0.25, 0.3) is 0 Å². The van der Waals surface area contributed by atoms with E-state index in [-0.39, 0.29) is 24.9 Å². The van der Waals surface area contributed by atoms with Gasteiger partial charge in [-0.25, -0.2) is 0 Å². The van der Waals surface area contributed by atoms with Crippen molar-refractivity contribution >= 4 is 29.3 Å². The van der Waals surface area contributed by atoms with E-state index in [4.69, 9.17) is 21.1 Å². The van der Waals surface area contributed by atoms with E-state index >= 15 is 0 Å². The second-order valence-corrected chi connectivity index (χ2v) is 7.29. The molecule has 3 rings (SSSR count). The Bertz CT molecular complexity index is 901. The van der Waals surface area contributed by atoms with Crippen molar-refractivity contribution in [1.29, 1.82) is 0 Å². The fraction of sp³-hybridized carbons (Fsp3) is 0.250. The summed E-state index contributed by atoms with van der Waals surface area (Å²) < 4.78 is 12.7. The molecule has 1 heterocycles. The van der Waals surface area contributed by atoms with Crippen molar-refractivity contribution in [3.63, 3.8) is 0 Å². The molecule has 6 nitrogen and oxygen atoms in total. The van der Waals surface area contributed by atoms with Crippen molar-refractivity contribution in [3.05, 3.63) is 71.0 Å². The van der Waals surface area contributed by atoms with Crippen LogP contribution < -0.4 is 4.74 Å². The van der Waals surface area contributed by atoms with E-state index < -0.39 is 0 Å². The largest absolute Gasteiger partial charge is 0.490 e. The highest BCUT2D eigenvalue weighted by atomic mass is 35.5. The number of hydrogen-bond acceptors (Lipinski definition) is 6. The molecule has 3 aromatic rings. The molecule has 0 aliphatic carbocycles. The first kappa shape index (κ1) is 20.2. The van der Waals surface area contributed by atoms with E-state index in [0.29, 0.717) is 22.5 Å². The Balaban J connectivity index is 1.42. The Kier molecular flexibility index (Phi) is 7.33. The van der Waals surface area contributed by atoms with Crippen LogP contribution in [-0.4, -0.2) is 39.7 Å². The number of hydrogen-bond donors (Lipinski definition) is 0. The standard InChI is InChI=1S/C20H20ClN3O3S/c1-15-22-23-20(24(15)13-16-5-3-2-4-6-16)28-14-19(25)27-12-11-26-18-9-7-17(21)8-10-18/h2-10H,11-14H2,1H3. The van der Waals surface area contributed by atoms with Gasteiger partial charge < -0.3 is 14.0 Å². The number of benzene rings is 2. The van der Waals surface area contributed by atoms with E-state index in [0.717, 1.165) is 11.4 Å². The Hall–Kier alpha value is -2.51. The lowest BCUT2D eigenvalue weighted by Crippen LogP contribution is -2.14. The molecule has 0 fully saturated rings. The van der Waals surface area contributed by atoms with Crippen LogP contribution >= 0.6 is 23.4 Å². The number of carbonyl (C=O) groups is 1. The number of esters is 1. The monoisotopic (exact) mass is 417 g/mol. The second-order valence-electron chi connectivity index (χ2n) is 5.91. The molecule has 0 unspecified atom stereocenters. The quantitative estimate of drug-likeness (QED) is 0.298. The van der Waals surface area contributed by atoms with E-state index in [1.165, 1.54) is 11.8 Å². The number of aromatic nitrogens is 3. The zero-order chi connectivity index (χ0) is 19.8. The SMILES string of the molecule is Cc1nnc(SCC(=O)OCCOc2ccc(Cl)cc2)n1Cc1ccccc1. The number of aryl methyl sites for hydroxylation is 1. The maximum Gasteiger partial charge on any atom is 0.316 e. The molecule has 0 saturated carbocycles. The van der Waals surface area contributed by atoms with Crippen LogP contribution in [0.25, 0.3) is 0 Å². The van der Waals surface area contributed by atoms with Gasteiger partial charge in [-0.05, 0) is 36.8 Å². The van der Waals surface area contributed by atoms with Crippen LogP contribution in [0, 0.1) is 6.92 Å². The molecule has 0 radical (unpaired) electrons. The molecule has 146 valence electrons. The number of halogens is 1. The first-order chi connectivity index (χ1) is 13.6. The minimum atomic E-state index is -0.323. The molecule has 0 N–H and O–H groups in total. The predicted molar refractivity (Wildman–Crippen MR) is 109 cm³/mol. The summed E-state index contributed by atoms with van der Waals surface area (Å²) >= 11 is 7.13. The summed E-state index contributed by atoms with van der Waals surface area (Å²) in [7, 11) is 0. The van der Waals surface area contributed by atoms with Gasteiger partial charge in [-0.1, -0.05) is 53.7 Å². The Morgan fingerprint density at radius 2 is 1.82 bits per heavy atom. The normalized spacial score (nSPS) is 10.6. The molecule has 0 atom stereocenters. The van der Waals surface area contributed by atoms with Crippen molar-refractivity contribution in [3.8, 4) is 5.75 Å². The smallest absolute Gasteiger partial charge is 0.316 e. The van der Waals surface area contributed by atoms with Gasteiger partial charge in [0.1, 0.15) is 24.8 Å². The fourth-order valence-corrected chi connectivity index (χ4v) is 3.33. The third kappa shape index (κ3) is 6.00. The highest BCUT2D eigenvalue weighted by molar-refractivity contribution is 7.99. The number of rotatable bonds is 9. The molecule has 0 aliphatic rings. The van der Waals surface area contributed by atoms with Gasteiger partial charge in [0.2, 0.25) is 0 Å². The summed E-state index contributed by atoms with van der Waals surface area (Å²) in [5.74, 6) is 1.32. The van der Waals surface area contributed by atoms with E-state index in [1.54, 1.807) is 24.3 Å². The summed E-state index contributed by atoms with van der Waals surface area (Å²) in [6, 6.07) is 17.1. The maximum atomic E-state index is 12.0. The first-order valence-electron chi connectivity index (χ1n) is 8.72. The third-order valence-corrected chi connectivity index (χ3v) is 5.03. The topological polar surface area (TPSA) is 66.2 Å². The number of carbonyl (C=O) groups excluding carboxylic acids is 1. The van der Waals surface area contributed by atoms with Crippen molar-refractivity contribution in [2.75, 3.05) is 19.0 Å². The first-order valence-corrected chi connectivity index (χ1v) is 10.1. The highest BCUT2D eigenvalue weighted by Gasteiger charge is 2.13. The van der Waals surface area contributed by atoms with Gasteiger partial charge >= 0.3 is 5.97 Å². The summed E-state index contributed by atoms with van der Waals surface area (Å²) in [6.45, 7) is 3.01. The molecule has 8 heteroatoms. The maximum absolute atomic E-state index is 12.0. The molecule has 0 spiro atoms. The summed E-state index contributed by atoms with van der Waals surface area (Å²) in [5, 5.41) is 9.61. The van der Waals surface area contributed by atoms with Gasteiger partial charge in [-0.2, -0.15) is 0 Å². The number of nitrogens with zero attached hydrogens (tertiary/aromatic N) is 3. The van der Waals surface area contributed by atoms with Crippen molar-refractivity contribution < 1.29 is 14.3 Å². The van der Waals surface area contributed by atoms with E-state index in [2.05, 4.69) is 10.2 Å². The third-order valence-electron chi connectivity index (χ3n) is 3.83. The van der Waals surface area contributed by atoms with Crippen molar-refractivity contribution in [1.82, 2.24) is 14.8 Å². The highest BCUT2D eigenvalue weighted by Crippen LogP contribution is 2.19. The number of ether oxygens (including phenoxy) is 2. The lowest BCUT2D eigenvalue weighted by Gasteiger charge is -2.09. The van der Waals surface area contributed by atoms with Crippen LogP contribution in [0.4, 0.5) is 0 Å². The van der Waals surface area contributed by atoms with Gasteiger partial charge in [0, 0.05) is 5.02 Å². The zero-order valence-corrected chi connectivity index (χ0v) is 16.9. The van der Waals surface area contributed by atoms with Crippen molar-refractivity contribution in [2.45, 2.75) is 18.6 Å². The van der Waals surface area contributed by atoms with Crippen LogP contribution in [-0.2, 0) is 16.1 Å². The lowest BCUT2D eigenvalue weighted by molar-refractivity contribution is -0.141. The summed E-state index contributed by atoms with van der Waals surface area (Å²) in [5.41, 5.74) is 1.15. The Morgan fingerprint density at radius 3 is 2.57 bits per heavy atom. The molecule has 0 saturated heterocycles. The second kappa shape index (κ2) is 10.1. The molecular formula is C20H20ClN3O3S. The minimum absolute atomic E-state index is 0.161. The lowest BCUT2D eigenvalue weighted by atomic mass is 10.2. The van der Waals surface area contributed by atoms with Crippen LogP contribution in [0.5, 0.6) is 5.75 Å². The molecule has 0 amide bonds. The van der Waals surface area contributed by atoms with E-state index in [1.807, 2.05) is 41.8 Å². The zero-order valence-electron chi connectivity index (χ0n) is 15.4. The summed E-state index contributed by atoms with van der Waals surface area (Å²) in [4.78, 5) is 12.0. The Labute approximate surface area is 172 Å². The fourth-order valence-electron chi connectivity index (χ4n) is 2.43. The Morgan fingerprint density at radius 1 is 1.07 bits per heavy atom. The van der Waals surface area contributed by atoms with Gasteiger partial charge in [0.15, 0.2) is 5.16 Å². The molecule has 28 heavy (non-hydrogen) atoms. The molecule has 1 aromatic heterocycles. The summed E-state index contributed by atoms with van der Waals surface area (Å²) in [6.07, 6.45) is 0. The van der Waals surface area contributed by atoms with Gasteiger partial charge in [-0.15, -0.1) is 10.2 Å².